The number of aliphatic hydroxyl groups is 1. The largest absolute Gasteiger partial charge is 0.392 e. The number of benzene rings is 1. The van der Waals surface area contributed by atoms with Crippen LogP contribution in [0.2, 0.25) is 0 Å². The molecule has 1 N–H and O–H groups in total. The van der Waals surface area contributed by atoms with Crippen LogP contribution >= 0.6 is 0 Å². The lowest BCUT2D eigenvalue weighted by Gasteiger charge is -2.13. The molecule has 162 valence electrons. The fourth-order valence-electron chi connectivity index (χ4n) is 5.66. The second-order valence-corrected chi connectivity index (χ2v) is 10.2. The maximum Gasteiger partial charge on any atom is 0.0685 e. The normalized spacial score (nSPS) is 35.4. The van der Waals surface area contributed by atoms with Crippen molar-refractivity contribution in [1.29, 1.82) is 0 Å². The van der Waals surface area contributed by atoms with E-state index in [2.05, 4.69) is 55.7 Å². The lowest BCUT2D eigenvalue weighted by atomic mass is 9.98. The Morgan fingerprint density at radius 2 is 1.93 bits per heavy atom. The summed E-state index contributed by atoms with van der Waals surface area (Å²) in [5, 5.41) is 9.82. The number of ether oxygens (including phenoxy) is 1. The Morgan fingerprint density at radius 3 is 2.55 bits per heavy atom. The molecule has 7 unspecified atom stereocenters. The van der Waals surface area contributed by atoms with Crippen molar-refractivity contribution in [3.05, 3.63) is 34.9 Å². The van der Waals surface area contributed by atoms with Crippen molar-refractivity contribution in [2.75, 3.05) is 26.8 Å². The van der Waals surface area contributed by atoms with Crippen molar-refractivity contribution in [1.82, 2.24) is 9.80 Å². The standard InChI is InChI=1S/C25H40N2O2/c1-16(2)23-14-26(23)13-20-11-18(7-8-19(20)15-28)21-12-22(21)25-24(17(3)4)27(25)9-6-10-29-5/h7-8,11,16-17,21-25,28H,6,9-10,12-15H2,1-5H3. The van der Waals surface area contributed by atoms with Gasteiger partial charge in [0.05, 0.1) is 6.61 Å². The van der Waals surface area contributed by atoms with Crippen LogP contribution in [-0.2, 0) is 17.9 Å². The first-order chi connectivity index (χ1) is 14.0. The van der Waals surface area contributed by atoms with Gasteiger partial charge >= 0.3 is 0 Å². The molecule has 0 amide bonds. The summed E-state index contributed by atoms with van der Waals surface area (Å²) in [6, 6.07) is 9.10. The van der Waals surface area contributed by atoms with Crippen molar-refractivity contribution in [3.8, 4) is 0 Å². The molecule has 7 atom stereocenters. The molecule has 0 aromatic heterocycles. The van der Waals surface area contributed by atoms with E-state index in [1.807, 2.05) is 0 Å². The van der Waals surface area contributed by atoms with Gasteiger partial charge in [0.15, 0.2) is 0 Å². The molecule has 4 rings (SSSR count). The zero-order valence-corrected chi connectivity index (χ0v) is 19.0. The molecule has 2 heterocycles. The average molecular weight is 401 g/mol. The number of rotatable bonds is 11. The first-order valence-corrected chi connectivity index (χ1v) is 11.7. The van der Waals surface area contributed by atoms with Crippen LogP contribution in [0.1, 0.15) is 63.1 Å². The molecule has 29 heavy (non-hydrogen) atoms. The summed E-state index contributed by atoms with van der Waals surface area (Å²) < 4.78 is 5.26. The van der Waals surface area contributed by atoms with Gasteiger partial charge in [0.2, 0.25) is 0 Å². The van der Waals surface area contributed by atoms with E-state index in [0.717, 1.165) is 61.0 Å². The van der Waals surface area contributed by atoms with Crippen molar-refractivity contribution in [3.63, 3.8) is 0 Å². The Bertz CT molecular complexity index is 704. The van der Waals surface area contributed by atoms with Gasteiger partial charge in [-0.1, -0.05) is 45.9 Å². The molecule has 3 aliphatic rings. The molecule has 0 bridgehead atoms. The van der Waals surface area contributed by atoms with Crippen LogP contribution in [0.4, 0.5) is 0 Å². The quantitative estimate of drug-likeness (QED) is 0.452. The lowest BCUT2D eigenvalue weighted by molar-refractivity contribution is 0.187. The van der Waals surface area contributed by atoms with Crippen LogP contribution in [0.15, 0.2) is 18.2 Å². The van der Waals surface area contributed by atoms with E-state index < -0.39 is 0 Å². The second kappa shape index (κ2) is 8.66. The monoisotopic (exact) mass is 400 g/mol. The fourth-order valence-corrected chi connectivity index (χ4v) is 5.66. The van der Waals surface area contributed by atoms with Gasteiger partial charge < -0.3 is 9.84 Å². The summed E-state index contributed by atoms with van der Waals surface area (Å²) in [4.78, 5) is 5.26. The van der Waals surface area contributed by atoms with Crippen LogP contribution in [0, 0.1) is 17.8 Å². The summed E-state index contributed by atoms with van der Waals surface area (Å²) >= 11 is 0. The minimum atomic E-state index is 0.148. The highest BCUT2D eigenvalue weighted by molar-refractivity contribution is 5.38. The second-order valence-electron chi connectivity index (χ2n) is 10.2. The van der Waals surface area contributed by atoms with Gasteiger partial charge in [0.1, 0.15) is 0 Å². The topological polar surface area (TPSA) is 35.5 Å². The number of hydrogen-bond donors (Lipinski definition) is 1. The average Bonchev–Trinajstić information content (AvgIpc) is 3.56. The first-order valence-electron chi connectivity index (χ1n) is 11.7. The molecular formula is C25H40N2O2. The highest BCUT2D eigenvalue weighted by atomic mass is 16.5. The smallest absolute Gasteiger partial charge is 0.0685 e. The minimum Gasteiger partial charge on any atom is -0.392 e. The Morgan fingerprint density at radius 1 is 1.14 bits per heavy atom. The molecular weight excluding hydrogens is 360 g/mol. The van der Waals surface area contributed by atoms with Crippen molar-refractivity contribution >= 4 is 0 Å². The van der Waals surface area contributed by atoms with Gasteiger partial charge in [-0.25, -0.2) is 0 Å². The predicted molar refractivity (Wildman–Crippen MR) is 118 cm³/mol. The number of hydrogen-bond acceptors (Lipinski definition) is 4. The van der Waals surface area contributed by atoms with E-state index in [9.17, 15) is 5.11 Å². The van der Waals surface area contributed by atoms with E-state index >= 15 is 0 Å². The molecule has 3 fully saturated rings. The van der Waals surface area contributed by atoms with Crippen LogP contribution in [-0.4, -0.2) is 59.8 Å². The van der Waals surface area contributed by atoms with E-state index in [1.54, 1.807) is 7.11 Å². The third-order valence-corrected chi connectivity index (χ3v) is 7.48. The van der Waals surface area contributed by atoms with Gasteiger partial charge in [0, 0.05) is 51.5 Å². The van der Waals surface area contributed by atoms with E-state index in [1.165, 1.54) is 30.6 Å². The first kappa shape index (κ1) is 21.3. The summed E-state index contributed by atoms with van der Waals surface area (Å²) in [7, 11) is 1.80. The number of aliphatic hydroxyl groups excluding tert-OH is 1. The number of nitrogens with zero attached hydrogens (tertiary/aromatic N) is 2. The van der Waals surface area contributed by atoms with Crippen molar-refractivity contribution in [2.45, 2.75) is 77.7 Å². The van der Waals surface area contributed by atoms with Crippen molar-refractivity contribution < 1.29 is 9.84 Å². The Kier molecular flexibility index (Phi) is 6.36. The Hall–Kier alpha value is -0.940. The summed E-state index contributed by atoms with van der Waals surface area (Å²) in [5.74, 6) is 2.96. The summed E-state index contributed by atoms with van der Waals surface area (Å²) in [6.07, 6.45) is 2.46. The van der Waals surface area contributed by atoms with Gasteiger partial charge in [0.25, 0.3) is 0 Å². The van der Waals surface area contributed by atoms with Crippen LogP contribution in [0.5, 0.6) is 0 Å². The fraction of sp³-hybridized carbons (Fsp3) is 0.760. The Balaban J connectivity index is 1.40. The van der Waals surface area contributed by atoms with Crippen LogP contribution in [0.3, 0.4) is 0 Å². The van der Waals surface area contributed by atoms with Crippen LogP contribution in [0.25, 0.3) is 0 Å². The zero-order valence-electron chi connectivity index (χ0n) is 19.0. The maximum absolute atomic E-state index is 9.82. The molecule has 1 aromatic rings. The summed E-state index contributed by atoms with van der Waals surface area (Å²) in [6.45, 7) is 13.7. The zero-order chi connectivity index (χ0) is 20.7. The highest BCUT2D eigenvalue weighted by Gasteiger charge is 2.59. The van der Waals surface area contributed by atoms with Gasteiger partial charge in [-0.15, -0.1) is 0 Å². The molecule has 4 nitrogen and oxygen atoms in total. The highest BCUT2D eigenvalue weighted by Crippen LogP contribution is 2.58. The third-order valence-electron chi connectivity index (χ3n) is 7.48. The predicted octanol–water partition coefficient (Wildman–Crippen LogP) is 3.87. The minimum absolute atomic E-state index is 0.148. The molecule has 1 aliphatic carbocycles. The van der Waals surface area contributed by atoms with Gasteiger partial charge in [-0.3, -0.25) is 9.80 Å². The van der Waals surface area contributed by atoms with E-state index in [0.29, 0.717) is 5.92 Å². The molecule has 1 aromatic carbocycles. The molecule has 2 saturated heterocycles. The molecule has 1 saturated carbocycles. The SMILES string of the molecule is COCCCN1C(C(C)C)C1C1CC1c1ccc(CO)c(CN2CC2C(C)C)c1. The van der Waals surface area contributed by atoms with Gasteiger partial charge in [-0.05, 0) is 53.2 Å². The van der Waals surface area contributed by atoms with Crippen LogP contribution < -0.4 is 0 Å². The number of methoxy groups -OCH3 is 1. The lowest BCUT2D eigenvalue weighted by Crippen LogP contribution is -2.10. The van der Waals surface area contributed by atoms with Gasteiger partial charge in [-0.2, -0.15) is 0 Å². The molecule has 2 aliphatic heterocycles. The molecule has 0 radical (unpaired) electrons. The third kappa shape index (κ3) is 4.56. The Labute approximate surface area is 177 Å². The van der Waals surface area contributed by atoms with E-state index in [-0.39, 0.29) is 6.61 Å². The maximum atomic E-state index is 9.82. The van der Waals surface area contributed by atoms with Crippen molar-refractivity contribution in [2.24, 2.45) is 17.8 Å². The summed E-state index contributed by atoms with van der Waals surface area (Å²) in [5.41, 5.74) is 3.94. The molecule has 0 spiro atoms. The van der Waals surface area contributed by atoms with E-state index in [4.69, 9.17) is 4.74 Å². The molecule has 4 heteroatoms.